The summed E-state index contributed by atoms with van der Waals surface area (Å²) in [4.78, 5) is 14.2. The Morgan fingerprint density at radius 3 is 2.82 bits per heavy atom. The number of rotatable bonds is 7. The number of nitrogens with one attached hydrogen (secondary N) is 1. The SMILES string of the molecule is CN1CCC(CCNC(=O)CSCc2ccccc2Cl)CC1. The number of carbonyl (C=O) groups excluding carboxylic acids is 1. The van der Waals surface area contributed by atoms with Gasteiger partial charge >= 0.3 is 0 Å². The second-order valence-corrected chi connectivity index (χ2v) is 7.36. The molecule has 22 heavy (non-hydrogen) atoms. The van der Waals surface area contributed by atoms with E-state index in [1.165, 1.54) is 25.9 Å². The standard InChI is InChI=1S/C17H25ClN2OS/c1-20-10-7-14(8-11-20)6-9-19-17(21)13-22-12-15-4-2-3-5-16(15)18/h2-5,14H,6-13H2,1H3,(H,19,21). The van der Waals surface area contributed by atoms with Crippen molar-refractivity contribution >= 4 is 29.3 Å². The third kappa shape index (κ3) is 6.19. The van der Waals surface area contributed by atoms with Crippen molar-refractivity contribution in [2.24, 2.45) is 5.92 Å². The summed E-state index contributed by atoms with van der Waals surface area (Å²) in [5.41, 5.74) is 1.09. The fourth-order valence-electron chi connectivity index (χ4n) is 2.69. The zero-order valence-corrected chi connectivity index (χ0v) is 14.8. The Morgan fingerprint density at radius 2 is 2.09 bits per heavy atom. The van der Waals surface area contributed by atoms with Crippen LogP contribution >= 0.6 is 23.4 Å². The summed E-state index contributed by atoms with van der Waals surface area (Å²) in [5, 5.41) is 3.81. The molecular weight excluding hydrogens is 316 g/mol. The van der Waals surface area contributed by atoms with Gasteiger partial charge in [-0.2, -0.15) is 0 Å². The highest BCUT2D eigenvalue weighted by Gasteiger charge is 2.16. The van der Waals surface area contributed by atoms with Crippen LogP contribution in [0.25, 0.3) is 0 Å². The number of amides is 1. The smallest absolute Gasteiger partial charge is 0.230 e. The van der Waals surface area contributed by atoms with Gasteiger partial charge in [-0.05, 0) is 56.9 Å². The number of nitrogens with zero attached hydrogens (tertiary/aromatic N) is 1. The fourth-order valence-corrected chi connectivity index (χ4v) is 3.83. The van der Waals surface area contributed by atoms with E-state index in [1.54, 1.807) is 11.8 Å². The lowest BCUT2D eigenvalue weighted by molar-refractivity contribution is -0.118. The Kier molecular flexibility index (Phi) is 7.56. The number of hydrogen-bond donors (Lipinski definition) is 1. The van der Waals surface area contributed by atoms with Crippen LogP contribution in [0.3, 0.4) is 0 Å². The number of carbonyl (C=O) groups is 1. The molecule has 2 rings (SSSR count). The third-order valence-corrected chi connectivity index (χ3v) is 5.51. The summed E-state index contributed by atoms with van der Waals surface area (Å²) in [7, 11) is 2.17. The second-order valence-electron chi connectivity index (χ2n) is 5.97. The number of hydrogen-bond acceptors (Lipinski definition) is 3. The second kappa shape index (κ2) is 9.43. The van der Waals surface area contributed by atoms with Gasteiger partial charge < -0.3 is 10.2 Å². The molecule has 0 spiro atoms. The van der Waals surface area contributed by atoms with Crippen molar-refractivity contribution in [3.8, 4) is 0 Å². The molecule has 0 bridgehead atoms. The summed E-state index contributed by atoms with van der Waals surface area (Å²) >= 11 is 7.71. The molecule has 0 radical (unpaired) electrons. The molecule has 1 aromatic carbocycles. The third-order valence-electron chi connectivity index (χ3n) is 4.16. The van der Waals surface area contributed by atoms with Crippen LogP contribution in [0.4, 0.5) is 0 Å². The maximum Gasteiger partial charge on any atom is 0.230 e. The molecule has 1 aliphatic rings. The average Bonchev–Trinajstić information content (AvgIpc) is 2.51. The number of likely N-dealkylation sites (tertiary alicyclic amines) is 1. The fraction of sp³-hybridized carbons (Fsp3) is 0.588. The largest absolute Gasteiger partial charge is 0.355 e. The Bertz CT molecular complexity index is 475. The van der Waals surface area contributed by atoms with E-state index in [2.05, 4.69) is 17.3 Å². The lowest BCUT2D eigenvalue weighted by Gasteiger charge is -2.28. The van der Waals surface area contributed by atoms with Gasteiger partial charge in [0.1, 0.15) is 0 Å². The average molecular weight is 341 g/mol. The summed E-state index contributed by atoms with van der Waals surface area (Å²) in [6.07, 6.45) is 3.62. The first-order chi connectivity index (χ1) is 10.6. The first-order valence-corrected chi connectivity index (χ1v) is 9.45. The van der Waals surface area contributed by atoms with E-state index in [-0.39, 0.29) is 5.91 Å². The van der Waals surface area contributed by atoms with Crippen LogP contribution in [-0.4, -0.2) is 43.2 Å². The van der Waals surface area contributed by atoms with Gasteiger partial charge in [0.25, 0.3) is 0 Å². The molecule has 1 saturated heterocycles. The van der Waals surface area contributed by atoms with Crippen LogP contribution in [0, 0.1) is 5.92 Å². The van der Waals surface area contributed by atoms with Crippen LogP contribution < -0.4 is 5.32 Å². The van der Waals surface area contributed by atoms with Crippen molar-refractivity contribution in [2.75, 3.05) is 32.4 Å². The Morgan fingerprint density at radius 1 is 1.36 bits per heavy atom. The van der Waals surface area contributed by atoms with Crippen molar-refractivity contribution in [2.45, 2.75) is 25.0 Å². The van der Waals surface area contributed by atoms with E-state index in [0.29, 0.717) is 5.75 Å². The van der Waals surface area contributed by atoms with Crippen molar-refractivity contribution in [3.05, 3.63) is 34.9 Å². The van der Waals surface area contributed by atoms with Gasteiger partial charge in [0.05, 0.1) is 5.75 Å². The van der Waals surface area contributed by atoms with Crippen molar-refractivity contribution in [3.63, 3.8) is 0 Å². The molecule has 122 valence electrons. The maximum atomic E-state index is 11.8. The number of halogens is 1. The van der Waals surface area contributed by atoms with Crippen LogP contribution in [0.5, 0.6) is 0 Å². The van der Waals surface area contributed by atoms with Gasteiger partial charge in [0.2, 0.25) is 5.91 Å². The van der Waals surface area contributed by atoms with E-state index in [0.717, 1.165) is 35.2 Å². The summed E-state index contributed by atoms with van der Waals surface area (Å²) in [6.45, 7) is 3.18. The molecule has 5 heteroatoms. The van der Waals surface area contributed by atoms with Gasteiger partial charge in [-0.25, -0.2) is 0 Å². The van der Waals surface area contributed by atoms with E-state index >= 15 is 0 Å². The number of thioether (sulfide) groups is 1. The normalized spacial score (nSPS) is 16.6. The topological polar surface area (TPSA) is 32.3 Å². The Balaban J connectivity index is 1.55. The monoisotopic (exact) mass is 340 g/mol. The van der Waals surface area contributed by atoms with Gasteiger partial charge in [0, 0.05) is 17.3 Å². The van der Waals surface area contributed by atoms with Gasteiger partial charge in [-0.1, -0.05) is 29.8 Å². The minimum Gasteiger partial charge on any atom is -0.355 e. The van der Waals surface area contributed by atoms with Crippen LogP contribution in [0.1, 0.15) is 24.8 Å². The first-order valence-electron chi connectivity index (χ1n) is 7.91. The predicted molar refractivity (Wildman–Crippen MR) is 95.5 cm³/mol. The summed E-state index contributed by atoms with van der Waals surface area (Å²) in [5.74, 6) is 2.18. The zero-order chi connectivity index (χ0) is 15.8. The molecule has 0 unspecified atom stereocenters. The predicted octanol–water partition coefficient (Wildman–Crippen LogP) is 3.42. The molecule has 3 nitrogen and oxygen atoms in total. The van der Waals surface area contributed by atoms with E-state index < -0.39 is 0 Å². The highest BCUT2D eigenvalue weighted by atomic mass is 35.5. The molecule has 0 aromatic heterocycles. The van der Waals surface area contributed by atoms with Crippen LogP contribution in [-0.2, 0) is 10.5 Å². The molecule has 1 fully saturated rings. The Labute approximate surface area is 142 Å². The quantitative estimate of drug-likeness (QED) is 0.825. The van der Waals surface area contributed by atoms with E-state index in [9.17, 15) is 4.79 Å². The number of piperidine rings is 1. The molecule has 1 amide bonds. The minimum absolute atomic E-state index is 0.130. The summed E-state index contributed by atoms with van der Waals surface area (Å²) < 4.78 is 0. The molecule has 0 atom stereocenters. The maximum absolute atomic E-state index is 11.8. The van der Waals surface area contributed by atoms with Crippen molar-refractivity contribution in [1.82, 2.24) is 10.2 Å². The molecule has 1 heterocycles. The van der Waals surface area contributed by atoms with E-state index in [1.807, 2.05) is 24.3 Å². The highest BCUT2D eigenvalue weighted by molar-refractivity contribution is 7.99. The van der Waals surface area contributed by atoms with Crippen molar-refractivity contribution < 1.29 is 4.79 Å². The van der Waals surface area contributed by atoms with Crippen molar-refractivity contribution in [1.29, 1.82) is 0 Å². The molecule has 1 aliphatic heterocycles. The molecule has 1 N–H and O–H groups in total. The number of benzene rings is 1. The van der Waals surface area contributed by atoms with Gasteiger partial charge in [-0.15, -0.1) is 11.8 Å². The van der Waals surface area contributed by atoms with Gasteiger partial charge in [-0.3, -0.25) is 4.79 Å². The molecular formula is C17H25ClN2OS. The highest BCUT2D eigenvalue weighted by Crippen LogP contribution is 2.21. The lowest BCUT2D eigenvalue weighted by Crippen LogP contribution is -2.33. The zero-order valence-electron chi connectivity index (χ0n) is 13.2. The first kappa shape index (κ1) is 17.6. The van der Waals surface area contributed by atoms with E-state index in [4.69, 9.17) is 11.6 Å². The molecule has 1 aromatic rings. The Hall–Kier alpha value is -0.710. The van der Waals surface area contributed by atoms with Gasteiger partial charge in [0.15, 0.2) is 0 Å². The molecule has 0 aliphatic carbocycles. The molecule has 0 saturated carbocycles. The van der Waals surface area contributed by atoms with Crippen LogP contribution in [0.2, 0.25) is 5.02 Å². The summed E-state index contributed by atoms with van der Waals surface area (Å²) in [6, 6.07) is 7.79. The minimum atomic E-state index is 0.130. The lowest BCUT2D eigenvalue weighted by atomic mass is 9.94. The van der Waals surface area contributed by atoms with Crippen LogP contribution in [0.15, 0.2) is 24.3 Å².